The molecule has 0 atom stereocenters. The molecular weight excluding hydrogens is 310 g/mol. The molecule has 23 heavy (non-hydrogen) atoms. The molecule has 0 bridgehead atoms. The molecule has 5 heteroatoms. The highest BCUT2D eigenvalue weighted by molar-refractivity contribution is 7.99. The van der Waals surface area contributed by atoms with Gasteiger partial charge in [-0.25, -0.2) is 4.79 Å². The van der Waals surface area contributed by atoms with Gasteiger partial charge >= 0.3 is 5.63 Å². The third-order valence-corrected chi connectivity index (χ3v) is 4.30. The number of fused-ring (bicyclic) bond motifs is 1. The molecule has 4 nitrogen and oxygen atoms in total. The molecule has 0 saturated carbocycles. The Morgan fingerprint density at radius 2 is 1.78 bits per heavy atom. The number of benzene rings is 2. The number of amides is 1. The predicted octanol–water partition coefficient (Wildman–Crippen LogP) is 3.32. The summed E-state index contributed by atoms with van der Waals surface area (Å²) < 4.78 is 5.17. The van der Waals surface area contributed by atoms with E-state index < -0.39 is 11.5 Å². The Labute approximate surface area is 137 Å². The molecule has 1 heterocycles. The van der Waals surface area contributed by atoms with E-state index in [2.05, 4.69) is 5.32 Å². The first-order valence-corrected chi connectivity index (χ1v) is 8.21. The van der Waals surface area contributed by atoms with Crippen LogP contribution >= 0.6 is 11.8 Å². The minimum absolute atomic E-state index is 0.0356. The van der Waals surface area contributed by atoms with Crippen LogP contribution in [0, 0.1) is 0 Å². The normalized spacial score (nSPS) is 10.6. The minimum atomic E-state index is -0.614. The first-order chi connectivity index (χ1) is 11.2. The molecule has 0 saturated heterocycles. The molecule has 0 aliphatic heterocycles. The third-order valence-electron chi connectivity index (χ3n) is 3.29. The molecule has 0 aliphatic carbocycles. The van der Waals surface area contributed by atoms with Crippen LogP contribution in [0.3, 0.4) is 0 Å². The van der Waals surface area contributed by atoms with Crippen LogP contribution < -0.4 is 10.9 Å². The molecule has 3 rings (SSSR count). The van der Waals surface area contributed by atoms with Gasteiger partial charge < -0.3 is 9.73 Å². The summed E-state index contributed by atoms with van der Waals surface area (Å²) in [6, 6.07) is 18.6. The van der Waals surface area contributed by atoms with Crippen LogP contribution in [0.4, 0.5) is 0 Å². The molecule has 2 aromatic carbocycles. The zero-order valence-electron chi connectivity index (χ0n) is 12.3. The van der Waals surface area contributed by atoms with Gasteiger partial charge in [0.25, 0.3) is 5.91 Å². The average Bonchev–Trinajstić information content (AvgIpc) is 2.59. The van der Waals surface area contributed by atoms with Crippen molar-refractivity contribution >= 4 is 28.6 Å². The lowest BCUT2D eigenvalue weighted by atomic mass is 10.2. The average molecular weight is 325 g/mol. The van der Waals surface area contributed by atoms with Crippen molar-refractivity contribution in [2.75, 3.05) is 12.3 Å². The Hall–Kier alpha value is -2.53. The van der Waals surface area contributed by atoms with Crippen molar-refractivity contribution < 1.29 is 9.21 Å². The Bertz CT molecular complexity index is 874. The maximum Gasteiger partial charge on any atom is 0.349 e. The van der Waals surface area contributed by atoms with Crippen molar-refractivity contribution in [3.05, 3.63) is 76.6 Å². The number of carbonyl (C=O) groups excluding carboxylic acids is 1. The molecule has 0 radical (unpaired) electrons. The zero-order chi connectivity index (χ0) is 16.1. The highest BCUT2D eigenvalue weighted by atomic mass is 32.2. The lowest BCUT2D eigenvalue weighted by Gasteiger charge is -2.05. The number of rotatable bonds is 5. The standard InChI is InChI=1S/C18H15NO3S/c20-17(19-10-11-23-14-7-2-1-3-8-14)15-12-13-6-4-5-9-16(13)22-18(15)21/h1-9,12H,10-11H2,(H,19,20). The molecule has 1 N–H and O–H groups in total. The Morgan fingerprint density at radius 3 is 2.61 bits per heavy atom. The summed E-state index contributed by atoms with van der Waals surface area (Å²) in [6.07, 6.45) is 0. The Balaban J connectivity index is 1.62. The molecule has 0 unspecified atom stereocenters. The number of hydrogen-bond acceptors (Lipinski definition) is 4. The summed E-state index contributed by atoms with van der Waals surface area (Å²) in [7, 11) is 0. The quantitative estimate of drug-likeness (QED) is 0.444. The highest BCUT2D eigenvalue weighted by Crippen LogP contribution is 2.16. The van der Waals surface area contributed by atoms with Gasteiger partial charge in [0.05, 0.1) is 0 Å². The second kappa shape index (κ2) is 7.15. The second-order valence-electron chi connectivity index (χ2n) is 4.90. The van der Waals surface area contributed by atoms with Crippen LogP contribution in [-0.4, -0.2) is 18.2 Å². The lowest BCUT2D eigenvalue weighted by molar-refractivity contribution is 0.0952. The van der Waals surface area contributed by atoms with Gasteiger partial charge in [0.2, 0.25) is 0 Å². The predicted molar refractivity (Wildman–Crippen MR) is 92.0 cm³/mol. The van der Waals surface area contributed by atoms with Crippen LogP contribution in [0.2, 0.25) is 0 Å². The number of para-hydroxylation sites is 1. The summed E-state index contributed by atoms with van der Waals surface area (Å²) in [5, 5.41) is 3.49. The van der Waals surface area contributed by atoms with Crippen molar-refractivity contribution in [2.45, 2.75) is 4.90 Å². The lowest BCUT2D eigenvalue weighted by Crippen LogP contribution is -2.29. The number of hydrogen-bond donors (Lipinski definition) is 1. The Kier molecular flexibility index (Phi) is 4.78. The largest absolute Gasteiger partial charge is 0.422 e. The van der Waals surface area contributed by atoms with E-state index in [0.29, 0.717) is 12.1 Å². The summed E-state index contributed by atoms with van der Waals surface area (Å²) >= 11 is 1.65. The first kappa shape index (κ1) is 15.4. The minimum Gasteiger partial charge on any atom is -0.422 e. The van der Waals surface area contributed by atoms with Crippen molar-refractivity contribution in [1.82, 2.24) is 5.32 Å². The van der Waals surface area contributed by atoms with Crippen LogP contribution in [0.25, 0.3) is 11.0 Å². The van der Waals surface area contributed by atoms with E-state index in [4.69, 9.17) is 4.42 Å². The van der Waals surface area contributed by atoms with Crippen molar-refractivity contribution in [1.29, 1.82) is 0 Å². The van der Waals surface area contributed by atoms with Crippen molar-refractivity contribution in [3.8, 4) is 0 Å². The van der Waals surface area contributed by atoms with Crippen LogP contribution in [-0.2, 0) is 0 Å². The fraction of sp³-hybridized carbons (Fsp3) is 0.111. The molecule has 1 amide bonds. The number of nitrogens with one attached hydrogen (secondary N) is 1. The first-order valence-electron chi connectivity index (χ1n) is 7.23. The van der Waals surface area contributed by atoms with Gasteiger partial charge in [0.1, 0.15) is 11.1 Å². The highest BCUT2D eigenvalue weighted by Gasteiger charge is 2.12. The van der Waals surface area contributed by atoms with E-state index in [9.17, 15) is 9.59 Å². The van der Waals surface area contributed by atoms with Crippen LogP contribution in [0.1, 0.15) is 10.4 Å². The van der Waals surface area contributed by atoms with E-state index in [1.807, 2.05) is 36.4 Å². The number of carbonyl (C=O) groups is 1. The fourth-order valence-corrected chi connectivity index (χ4v) is 2.96. The van der Waals surface area contributed by atoms with Crippen LogP contribution in [0.5, 0.6) is 0 Å². The summed E-state index contributed by atoms with van der Waals surface area (Å²) in [5.41, 5.74) is -0.0981. The van der Waals surface area contributed by atoms with Gasteiger partial charge in [-0.1, -0.05) is 36.4 Å². The third kappa shape index (κ3) is 3.81. The summed E-state index contributed by atoms with van der Waals surface area (Å²) in [5.74, 6) is 0.326. The van der Waals surface area contributed by atoms with Gasteiger partial charge in [-0.2, -0.15) is 0 Å². The van der Waals surface area contributed by atoms with E-state index in [-0.39, 0.29) is 5.56 Å². The zero-order valence-corrected chi connectivity index (χ0v) is 13.1. The van der Waals surface area contributed by atoms with E-state index in [1.54, 1.807) is 36.0 Å². The fourth-order valence-electron chi connectivity index (χ4n) is 2.17. The Morgan fingerprint density at radius 1 is 1.04 bits per heavy atom. The van der Waals surface area contributed by atoms with Gasteiger partial charge in [-0.3, -0.25) is 4.79 Å². The van der Waals surface area contributed by atoms with Gasteiger partial charge in [-0.15, -0.1) is 11.8 Å². The van der Waals surface area contributed by atoms with Crippen molar-refractivity contribution in [3.63, 3.8) is 0 Å². The topological polar surface area (TPSA) is 59.3 Å². The molecule has 0 aliphatic rings. The smallest absolute Gasteiger partial charge is 0.349 e. The maximum absolute atomic E-state index is 12.1. The van der Waals surface area contributed by atoms with Gasteiger partial charge in [-0.05, 0) is 24.3 Å². The number of thioether (sulfide) groups is 1. The monoisotopic (exact) mass is 325 g/mol. The molecular formula is C18H15NO3S. The van der Waals surface area contributed by atoms with E-state index >= 15 is 0 Å². The second-order valence-corrected chi connectivity index (χ2v) is 6.07. The van der Waals surface area contributed by atoms with Gasteiger partial charge in [0, 0.05) is 22.6 Å². The van der Waals surface area contributed by atoms with E-state index in [1.165, 1.54) is 0 Å². The van der Waals surface area contributed by atoms with Crippen LogP contribution in [0.15, 0.2) is 74.8 Å². The van der Waals surface area contributed by atoms with Gasteiger partial charge in [0.15, 0.2) is 0 Å². The molecule has 0 fully saturated rings. The molecule has 116 valence electrons. The molecule has 0 spiro atoms. The summed E-state index contributed by atoms with van der Waals surface area (Å²) in [4.78, 5) is 25.2. The van der Waals surface area contributed by atoms with E-state index in [0.717, 1.165) is 16.0 Å². The SMILES string of the molecule is O=C(NCCSc1ccccc1)c1cc2ccccc2oc1=O. The molecule has 3 aromatic rings. The van der Waals surface area contributed by atoms with Crippen molar-refractivity contribution in [2.24, 2.45) is 0 Å². The summed E-state index contributed by atoms with van der Waals surface area (Å²) in [6.45, 7) is 0.477. The molecule has 1 aromatic heterocycles. The maximum atomic E-state index is 12.1.